The van der Waals surface area contributed by atoms with Crippen LogP contribution in [0.2, 0.25) is 0 Å². The van der Waals surface area contributed by atoms with Crippen LogP contribution in [0, 0.1) is 0 Å². The first-order valence-corrected chi connectivity index (χ1v) is 5.11. The number of amides is 1. The second-order valence-corrected chi connectivity index (χ2v) is 4.30. The van der Waals surface area contributed by atoms with Crippen molar-refractivity contribution in [3.8, 4) is 0 Å². The SMILES string of the molecule is CC(=O)Nc1c(N)cc(Br)cc1Br. The maximum Gasteiger partial charge on any atom is 0.221 e. The lowest BCUT2D eigenvalue weighted by molar-refractivity contribution is -0.114. The number of hydrogen-bond acceptors (Lipinski definition) is 2. The zero-order valence-corrected chi connectivity index (χ0v) is 10.1. The summed E-state index contributed by atoms with van der Waals surface area (Å²) < 4.78 is 1.63. The Morgan fingerprint density at radius 3 is 2.54 bits per heavy atom. The molecule has 0 aromatic heterocycles. The maximum absolute atomic E-state index is 10.8. The number of nitrogens with two attached hydrogens (primary N) is 1. The first-order valence-electron chi connectivity index (χ1n) is 3.53. The Hall–Kier alpha value is -0.550. The second kappa shape index (κ2) is 4.11. The molecule has 5 heteroatoms. The minimum atomic E-state index is -0.144. The predicted octanol–water partition coefficient (Wildman–Crippen LogP) is 2.75. The molecule has 0 saturated carbocycles. The van der Waals surface area contributed by atoms with E-state index in [0.29, 0.717) is 11.4 Å². The number of carbonyl (C=O) groups is 1. The van der Waals surface area contributed by atoms with Gasteiger partial charge >= 0.3 is 0 Å². The van der Waals surface area contributed by atoms with Gasteiger partial charge in [0.1, 0.15) is 0 Å². The molecule has 0 fully saturated rings. The van der Waals surface area contributed by atoms with Gasteiger partial charge in [0, 0.05) is 15.9 Å². The fraction of sp³-hybridized carbons (Fsp3) is 0.125. The molecule has 1 rings (SSSR count). The molecule has 0 spiro atoms. The molecular weight excluding hydrogens is 300 g/mol. The van der Waals surface area contributed by atoms with Gasteiger partial charge in [0.2, 0.25) is 5.91 Å². The first kappa shape index (κ1) is 10.5. The summed E-state index contributed by atoms with van der Waals surface area (Å²) >= 11 is 6.59. The normalized spacial score (nSPS) is 9.77. The smallest absolute Gasteiger partial charge is 0.221 e. The molecule has 1 aromatic carbocycles. The third kappa shape index (κ3) is 2.70. The van der Waals surface area contributed by atoms with Crippen LogP contribution in [0.5, 0.6) is 0 Å². The third-order valence-corrected chi connectivity index (χ3v) is 2.47. The summed E-state index contributed by atoms with van der Waals surface area (Å²) in [5.41, 5.74) is 6.83. The Kier molecular flexibility index (Phi) is 3.33. The van der Waals surface area contributed by atoms with Gasteiger partial charge < -0.3 is 11.1 Å². The minimum Gasteiger partial charge on any atom is -0.397 e. The summed E-state index contributed by atoms with van der Waals surface area (Å²) in [7, 11) is 0. The molecule has 0 unspecified atom stereocenters. The summed E-state index contributed by atoms with van der Waals surface area (Å²) in [6.07, 6.45) is 0. The molecule has 3 nitrogen and oxygen atoms in total. The number of nitrogens with one attached hydrogen (secondary N) is 1. The quantitative estimate of drug-likeness (QED) is 0.784. The van der Waals surface area contributed by atoms with Crippen LogP contribution in [0.25, 0.3) is 0 Å². The lowest BCUT2D eigenvalue weighted by Gasteiger charge is -2.08. The summed E-state index contributed by atoms with van der Waals surface area (Å²) in [6.45, 7) is 1.44. The average Bonchev–Trinajstić information content (AvgIpc) is 1.96. The van der Waals surface area contributed by atoms with Crippen molar-refractivity contribution in [1.82, 2.24) is 0 Å². The minimum absolute atomic E-state index is 0.144. The molecule has 0 aliphatic heterocycles. The molecule has 0 radical (unpaired) electrons. The molecule has 70 valence electrons. The van der Waals surface area contributed by atoms with Crippen LogP contribution in [-0.2, 0) is 4.79 Å². The van der Waals surface area contributed by atoms with Crippen LogP contribution in [-0.4, -0.2) is 5.91 Å². The van der Waals surface area contributed by atoms with Gasteiger partial charge in [0.05, 0.1) is 11.4 Å². The maximum atomic E-state index is 10.8. The van der Waals surface area contributed by atoms with Crippen LogP contribution in [0.4, 0.5) is 11.4 Å². The van der Waals surface area contributed by atoms with Gasteiger partial charge in [0.25, 0.3) is 0 Å². The van der Waals surface area contributed by atoms with E-state index in [4.69, 9.17) is 5.73 Å². The van der Waals surface area contributed by atoms with Gasteiger partial charge in [-0.05, 0) is 28.1 Å². The fourth-order valence-corrected chi connectivity index (χ4v) is 2.26. The van der Waals surface area contributed by atoms with Gasteiger partial charge in [-0.25, -0.2) is 0 Å². The average molecular weight is 308 g/mol. The summed E-state index contributed by atoms with van der Waals surface area (Å²) in [5.74, 6) is -0.144. The van der Waals surface area contributed by atoms with E-state index < -0.39 is 0 Å². The molecule has 13 heavy (non-hydrogen) atoms. The molecule has 1 aromatic rings. The Bertz CT molecular complexity index is 329. The molecule has 0 atom stereocenters. The molecule has 1 amide bonds. The van der Waals surface area contributed by atoms with Crippen molar-refractivity contribution in [2.45, 2.75) is 6.92 Å². The lowest BCUT2D eigenvalue weighted by atomic mass is 10.2. The number of carbonyl (C=O) groups excluding carboxylic acids is 1. The summed E-state index contributed by atoms with van der Waals surface area (Å²) in [4.78, 5) is 10.8. The number of rotatable bonds is 1. The Balaban J connectivity index is 3.13. The number of hydrogen-bond donors (Lipinski definition) is 2. The van der Waals surface area contributed by atoms with Crippen LogP contribution in [0.15, 0.2) is 21.1 Å². The fourth-order valence-electron chi connectivity index (χ4n) is 0.901. The number of halogens is 2. The van der Waals surface area contributed by atoms with Gasteiger partial charge in [-0.3, -0.25) is 4.79 Å². The van der Waals surface area contributed by atoms with E-state index in [-0.39, 0.29) is 5.91 Å². The van der Waals surface area contributed by atoms with E-state index in [0.717, 1.165) is 8.95 Å². The van der Waals surface area contributed by atoms with Crippen LogP contribution >= 0.6 is 31.9 Å². The lowest BCUT2D eigenvalue weighted by Crippen LogP contribution is -2.08. The number of anilines is 2. The van der Waals surface area contributed by atoms with Gasteiger partial charge in [-0.15, -0.1) is 0 Å². The van der Waals surface area contributed by atoms with Crippen molar-refractivity contribution in [3.63, 3.8) is 0 Å². The zero-order chi connectivity index (χ0) is 10.0. The van der Waals surface area contributed by atoms with E-state index in [2.05, 4.69) is 37.2 Å². The Morgan fingerprint density at radius 2 is 2.08 bits per heavy atom. The standard InChI is InChI=1S/C8H8Br2N2O/c1-4(13)12-8-6(10)2-5(9)3-7(8)11/h2-3H,11H2,1H3,(H,12,13). The Labute approximate surface area is 92.9 Å². The van der Waals surface area contributed by atoms with Gasteiger partial charge in [0.15, 0.2) is 0 Å². The van der Waals surface area contributed by atoms with E-state index in [1.165, 1.54) is 6.92 Å². The monoisotopic (exact) mass is 306 g/mol. The predicted molar refractivity (Wildman–Crippen MR) is 60.6 cm³/mol. The van der Waals surface area contributed by atoms with Crippen LogP contribution in [0.1, 0.15) is 6.92 Å². The molecule has 0 aliphatic carbocycles. The van der Waals surface area contributed by atoms with Crippen molar-refractivity contribution < 1.29 is 4.79 Å². The molecule has 0 aliphatic rings. The first-order chi connectivity index (χ1) is 6.00. The van der Waals surface area contributed by atoms with E-state index in [1.54, 1.807) is 6.07 Å². The largest absolute Gasteiger partial charge is 0.397 e. The summed E-state index contributed by atoms with van der Waals surface area (Å²) in [6, 6.07) is 3.55. The molecule has 3 N–H and O–H groups in total. The number of benzene rings is 1. The highest BCUT2D eigenvalue weighted by Crippen LogP contribution is 2.32. The number of nitrogen functional groups attached to an aromatic ring is 1. The molecule has 0 heterocycles. The van der Waals surface area contributed by atoms with Gasteiger partial charge in [-0.1, -0.05) is 15.9 Å². The van der Waals surface area contributed by atoms with Crippen molar-refractivity contribution in [2.24, 2.45) is 0 Å². The molecule has 0 saturated heterocycles. The highest BCUT2D eigenvalue weighted by molar-refractivity contribution is 9.11. The molecular formula is C8H8Br2N2O. The van der Waals surface area contributed by atoms with Gasteiger partial charge in [-0.2, -0.15) is 0 Å². The third-order valence-electron chi connectivity index (χ3n) is 1.39. The van der Waals surface area contributed by atoms with Crippen molar-refractivity contribution in [1.29, 1.82) is 0 Å². The second-order valence-electron chi connectivity index (χ2n) is 2.53. The van der Waals surface area contributed by atoms with E-state index in [9.17, 15) is 4.79 Å². The van der Waals surface area contributed by atoms with Crippen LogP contribution in [0.3, 0.4) is 0 Å². The van der Waals surface area contributed by atoms with Crippen molar-refractivity contribution in [3.05, 3.63) is 21.1 Å². The van der Waals surface area contributed by atoms with Crippen molar-refractivity contribution >= 4 is 49.1 Å². The highest BCUT2D eigenvalue weighted by atomic mass is 79.9. The van der Waals surface area contributed by atoms with E-state index in [1.807, 2.05) is 6.07 Å². The van der Waals surface area contributed by atoms with E-state index >= 15 is 0 Å². The van der Waals surface area contributed by atoms with Crippen molar-refractivity contribution in [2.75, 3.05) is 11.1 Å². The highest BCUT2D eigenvalue weighted by Gasteiger charge is 2.06. The topological polar surface area (TPSA) is 55.1 Å². The zero-order valence-electron chi connectivity index (χ0n) is 6.90. The molecule has 0 bridgehead atoms. The van der Waals surface area contributed by atoms with Crippen LogP contribution < -0.4 is 11.1 Å². The summed E-state index contributed by atoms with van der Waals surface area (Å²) in [5, 5.41) is 2.64. The Morgan fingerprint density at radius 1 is 1.46 bits per heavy atom.